The van der Waals surface area contributed by atoms with E-state index in [9.17, 15) is 0 Å². The minimum Gasteiger partial charge on any atom is -0.380 e. The van der Waals surface area contributed by atoms with Gasteiger partial charge in [0.25, 0.3) is 0 Å². The van der Waals surface area contributed by atoms with Gasteiger partial charge in [0.05, 0.1) is 12.7 Å². The second-order valence-electron chi connectivity index (χ2n) is 7.04. The topological polar surface area (TPSA) is 47.5 Å². The van der Waals surface area contributed by atoms with Crippen LogP contribution in [-0.2, 0) is 9.47 Å². The molecule has 0 aromatic carbocycles. The fourth-order valence-electron chi connectivity index (χ4n) is 3.84. The largest absolute Gasteiger partial charge is 0.380 e. The summed E-state index contributed by atoms with van der Waals surface area (Å²) in [5.74, 6) is 1.66. The minimum atomic E-state index is 0.116. The molecule has 5 heteroatoms. The highest BCUT2D eigenvalue weighted by Crippen LogP contribution is 2.41. The molecule has 0 unspecified atom stereocenters. The number of ether oxygens (including phenoxy) is 2. The highest BCUT2D eigenvalue weighted by Gasteiger charge is 2.47. The Morgan fingerprint density at radius 1 is 1.27 bits per heavy atom. The number of rotatable bonds is 5. The van der Waals surface area contributed by atoms with Crippen molar-refractivity contribution in [2.75, 3.05) is 37.8 Å². The average Bonchev–Trinajstić information content (AvgIpc) is 3.39. The second-order valence-corrected chi connectivity index (χ2v) is 7.04. The van der Waals surface area contributed by atoms with Crippen molar-refractivity contribution in [3.05, 3.63) is 18.5 Å². The summed E-state index contributed by atoms with van der Waals surface area (Å²) in [5, 5.41) is 0. The number of piperidine rings is 1. The Hall–Kier alpha value is -1.20. The summed E-state index contributed by atoms with van der Waals surface area (Å²) in [6.45, 7) is 4.57. The van der Waals surface area contributed by atoms with Gasteiger partial charge in [-0.05, 0) is 44.1 Å². The maximum Gasteiger partial charge on any atom is 0.225 e. The first kappa shape index (κ1) is 14.4. The summed E-state index contributed by atoms with van der Waals surface area (Å²) >= 11 is 0. The van der Waals surface area contributed by atoms with Crippen molar-refractivity contribution in [2.24, 2.45) is 11.3 Å². The molecule has 1 aromatic heterocycles. The first-order valence-electron chi connectivity index (χ1n) is 8.57. The van der Waals surface area contributed by atoms with E-state index in [1.54, 1.807) is 0 Å². The lowest BCUT2D eigenvalue weighted by molar-refractivity contribution is -0.126. The number of nitrogens with zero attached hydrogens (tertiary/aromatic N) is 3. The van der Waals surface area contributed by atoms with Crippen LogP contribution in [0.5, 0.6) is 0 Å². The van der Waals surface area contributed by atoms with Crippen molar-refractivity contribution in [1.29, 1.82) is 0 Å². The summed E-state index contributed by atoms with van der Waals surface area (Å²) in [7, 11) is 0. The quantitative estimate of drug-likeness (QED) is 0.835. The van der Waals surface area contributed by atoms with E-state index >= 15 is 0 Å². The third kappa shape index (κ3) is 2.97. The molecule has 5 nitrogen and oxygen atoms in total. The standard InChI is InChI=1S/C17H25N3O2/c1-6-17(13-21-11-14-3-4-14)12-20(9-5-15(17)22-10-1)16-18-7-2-8-19-16/h2,7-8,14-15H,1,3-6,9-13H2/t15-,17+/m0/s1. The van der Waals surface area contributed by atoms with Crippen LogP contribution in [0.4, 0.5) is 5.95 Å². The van der Waals surface area contributed by atoms with Crippen LogP contribution >= 0.6 is 0 Å². The van der Waals surface area contributed by atoms with E-state index in [1.165, 1.54) is 19.3 Å². The molecule has 3 aliphatic rings. The maximum absolute atomic E-state index is 6.10. The van der Waals surface area contributed by atoms with Gasteiger partial charge in [0.1, 0.15) is 0 Å². The predicted molar refractivity (Wildman–Crippen MR) is 83.8 cm³/mol. The summed E-state index contributed by atoms with van der Waals surface area (Å²) in [4.78, 5) is 11.2. The molecule has 3 fully saturated rings. The van der Waals surface area contributed by atoms with Crippen LogP contribution in [0.1, 0.15) is 32.1 Å². The van der Waals surface area contributed by atoms with Crippen LogP contribution in [0.25, 0.3) is 0 Å². The molecular formula is C17H25N3O2. The van der Waals surface area contributed by atoms with Crippen LogP contribution in [0.15, 0.2) is 18.5 Å². The van der Waals surface area contributed by atoms with Gasteiger partial charge in [-0.15, -0.1) is 0 Å². The van der Waals surface area contributed by atoms with Crippen LogP contribution in [-0.4, -0.2) is 49.0 Å². The lowest BCUT2D eigenvalue weighted by atomic mass is 9.73. The third-order valence-electron chi connectivity index (χ3n) is 5.26. The smallest absolute Gasteiger partial charge is 0.225 e. The van der Waals surface area contributed by atoms with Crippen LogP contribution in [0.3, 0.4) is 0 Å². The zero-order chi connectivity index (χ0) is 14.8. The second kappa shape index (κ2) is 6.13. The van der Waals surface area contributed by atoms with E-state index < -0.39 is 0 Å². The Balaban J connectivity index is 1.47. The number of aromatic nitrogens is 2. The van der Waals surface area contributed by atoms with Gasteiger partial charge in [-0.25, -0.2) is 9.97 Å². The Labute approximate surface area is 132 Å². The molecule has 120 valence electrons. The van der Waals surface area contributed by atoms with Crippen LogP contribution < -0.4 is 4.90 Å². The van der Waals surface area contributed by atoms with Crippen LogP contribution in [0, 0.1) is 11.3 Å². The molecular weight excluding hydrogens is 278 g/mol. The van der Waals surface area contributed by atoms with E-state index in [0.29, 0.717) is 6.10 Å². The zero-order valence-electron chi connectivity index (χ0n) is 13.1. The number of hydrogen-bond acceptors (Lipinski definition) is 5. The summed E-state index contributed by atoms with van der Waals surface area (Å²) in [6.07, 6.45) is 10.0. The predicted octanol–water partition coefficient (Wildman–Crippen LogP) is 2.28. The molecule has 0 spiro atoms. The van der Waals surface area contributed by atoms with Gasteiger partial charge in [-0.2, -0.15) is 0 Å². The third-order valence-corrected chi connectivity index (χ3v) is 5.26. The summed E-state index contributed by atoms with van der Waals surface area (Å²) < 4.78 is 12.2. The first-order chi connectivity index (χ1) is 10.9. The molecule has 1 saturated carbocycles. The Bertz CT molecular complexity index is 494. The maximum atomic E-state index is 6.10. The Kier molecular flexibility index (Phi) is 4.01. The molecule has 4 rings (SSSR count). The molecule has 0 radical (unpaired) electrons. The lowest BCUT2D eigenvalue weighted by Gasteiger charge is -2.50. The van der Waals surface area contributed by atoms with Gasteiger partial charge < -0.3 is 14.4 Å². The van der Waals surface area contributed by atoms with E-state index in [0.717, 1.165) is 57.6 Å². The molecule has 0 N–H and O–H groups in total. The fourth-order valence-corrected chi connectivity index (χ4v) is 3.84. The molecule has 1 aliphatic carbocycles. The molecule has 0 bridgehead atoms. The Morgan fingerprint density at radius 2 is 2.14 bits per heavy atom. The van der Waals surface area contributed by atoms with Gasteiger partial charge in [0.15, 0.2) is 0 Å². The number of anilines is 1. The fraction of sp³-hybridized carbons (Fsp3) is 0.765. The normalized spacial score (nSPS) is 31.8. The average molecular weight is 303 g/mol. The Morgan fingerprint density at radius 3 is 2.95 bits per heavy atom. The highest BCUT2D eigenvalue weighted by molar-refractivity contribution is 5.31. The van der Waals surface area contributed by atoms with E-state index in [2.05, 4.69) is 14.9 Å². The van der Waals surface area contributed by atoms with Gasteiger partial charge in [0, 0.05) is 44.1 Å². The minimum absolute atomic E-state index is 0.116. The number of fused-ring (bicyclic) bond motifs is 1. The highest BCUT2D eigenvalue weighted by atomic mass is 16.5. The SMILES string of the molecule is c1cnc(N2CC[C@@H]3OCCC[C@]3(COCC3CC3)C2)nc1. The van der Waals surface area contributed by atoms with Crippen molar-refractivity contribution < 1.29 is 9.47 Å². The molecule has 1 aromatic rings. The molecule has 22 heavy (non-hydrogen) atoms. The zero-order valence-corrected chi connectivity index (χ0v) is 13.1. The van der Waals surface area contributed by atoms with Crippen LogP contribution in [0.2, 0.25) is 0 Å². The van der Waals surface area contributed by atoms with Crippen molar-refractivity contribution in [2.45, 2.75) is 38.2 Å². The monoisotopic (exact) mass is 303 g/mol. The van der Waals surface area contributed by atoms with E-state index in [1.807, 2.05) is 18.5 Å². The van der Waals surface area contributed by atoms with Gasteiger partial charge in [-0.1, -0.05) is 0 Å². The van der Waals surface area contributed by atoms with Crippen molar-refractivity contribution >= 4 is 5.95 Å². The van der Waals surface area contributed by atoms with Crippen molar-refractivity contribution in [3.63, 3.8) is 0 Å². The lowest BCUT2D eigenvalue weighted by Crippen LogP contribution is -2.57. The summed E-state index contributed by atoms with van der Waals surface area (Å²) in [5.41, 5.74) is 0.116. The van der Waals surface area contributed by atoms with Crippen molar-refractivity contribution in [1.82, 2.24) is 9.97 Å². The van der Waals surface area contributed by atoms with Crippen molar-refractivity contribution in [3.8, 4) is 0 Å². The van der Waals surface area contributed by atoms with E-state index in [4.69, 9.17) is 9.47 Å². The molecule has 2 saturated heterocycles. The molecule has 0 amide bonds. The molecule has 2 atom stereocenters. The van der Waals surface area contributed by atoms with Gasteiger partial charge >= 0.3 is 0 Å². The molecule has 2 aliphatic heterocycles. The van der Waals surface area contributed by atoms with Gasteiger partial charge in [0.2, 0.25) is 5.95 Å². The molecule has 3 heterocycles. The summed E-state index contributed by atoms with van der Waals surface area (Å²) in [6, 6.07) is 1.87. The van der Waals surface area contributed by atoms with Gasteiger partial charge in [-0.3, -0.25) is 0 Å². The van der Waals surface area contributed by atoms with E-state index in [-0.39, 0.29) is 5.41 Å². The first-order valence-corrected chi connectivity index (χ1v) is 8.57. The number of hydrogen-bond donors (Lipinski definition) is 0.